The lowest BCUT2D eigenvalue weighted by Gasteiger charge is -2.15. The van der Waals surface area contributed by atoms with Crippen LogP contribution >= 0.6 is 0 Å². The number of nitrogens with zero attached hydrogens (tertiary/aromatic N) is 1. The SMILES string of the molecule is C[N-]Cc1ccc(-c2ccc(O)cc2)cc1C. The molecule has 17 heavy (non-hydrogen) atoms. The second-order valence-electron chi connectivity index (χ2n) is 4.16. The van der Waals surface area contributed by atoms with Crippen molar-refractivity contribution in [3.63, 3.8) is 0 Å². The zero-order valence-corrected chi connectivity index (χ0v) is 10.1. The summed E-state index contributed by atoms with van der Waals surface area (Å²) in [6.07, 6.45) is 0. The zero-order chi connectivity index (χ0) is 12.3. The number of hydrogen-bond donors (Lipinski definition) is 1. The molecule has 0 aliphatic heterocycles. The Kier molecular flexibility index (Phi) is 3.45. The molecule has 0 fully saturated rings. The van der Waals surface area contributed by atoms with Crippen molar-refractivity contribution in [1.82, 2.24) is 0 Å². The minimum atomic E-state index is 0.298. The highest BCUT2D eigenvalue weighted by Crippen LogP contribution is 2.24. The van der Waals surface area contributed by atoms with E-state index in [1.54, 1.807) is 12.1 Å². The van der Waals surface area contributed by atoms with Crippen LogP contribution in [0, 0.1) is 6.92 Å². The summed E-state index contributed by atoms with van der Waals surface area (Å²) in [5, 5.41) is 13.4. The summed E-state index contributed by atoms with van der Waals surface area (Å²) in [4.78, 5) is 0. The van der Waals surface area contributed by atoms with Gasteiger partial charge in [0.05, 0.1) is 0 Å². The monoisotopic (exact) mass is 226 g/mol. The first-order valence-electron chi connectivity index (χ1n) is 5.65. The Bertz CT molecular complexity index is 503. The number of aromatic hydroxyl groups is 1. The molecule has 2 aromatic rings. The molecule has 2 heteroatoms. The molecule has 0 unspecified atom stereocenters. The molecule has 0 saturated heterocycles. The normalized spacial score (nSPS) is 10.5. The minimum Gasteiger partial charge on any atom is -0.661 e. The summed E-state index contributed by atoms with van der Waals surface area (Å²) in [6.45, 7) is 2.87. The van der Waals surface area contributed by atoms with Crippen molar-refractivity contribution < 1.29 is 5.11 Å². The van der Waals surface area contributed by atoms with Crippen LogP contribution in [-0.4, -0.2) is 12.2 Å². The van der Waals surface area contributed by atoms with Gasteiger partial charge in [-0.15, -0.1) is 6.54 Å². The van der Waals surface area contributed by atoms with Crippen LogP contribution < -0.4 is 0 Å². The highest BCUT2D eigenvalue weighted by Gasteiger charge is 2.00. The number of phenols is 1. The Hall–Kier alpha value is -1.80. The molecule has 0 aliphatic carbocycles. The van der Waals surface area contributed by atoms with Crippen molar-refractivity contribution in [2.24, 2.45) is 0 Å². The average Bonchev–Trinajstić information content (AvgIpc) is 2.33. The van der Waals surface area contributed by atoms with Gasteiger partial charge in [-0.25, -0.2) is 0 Å². The third-order valence-electron chi connectivity index (χ3n) is 2.87. The van der Waals surface area contributed by atoms with Gasteiger partial charge in [-0.3, -0.25) is 0 Å². The fourth-order valence-electron chi connectivity index (χ4n) is 1.88. The van der Waals surface area contributed by atoms with Crippen molar-refractivity contribution in [3.05, 3.63) is 58.9 Å². The summed E-state index contributed by atoms with van der Waals surface area (Å²) in [5.74, 6) is 0.298. The Morgan fingerprint density at radius 3 is 2.24 bits per heavy atom. The third-order valence-corrected chi connectivity index (χ3v) is 2.87. The molecule has 0 bridgehead atoms. The maximum Gasteiger partial charge on any atom is 0.115 e. The Morgan fingerprint density at radius 1 is 1.00 bits per heavy atom. The Labute approximate surface area is 102 Å². The summed E-state index contributed by atoms with van der Waals surface area (Å²) >= 11 is 0. The molecule has 2 aromatic carbocycles. The van der Waals surface area contributed by atoms with E-state index in [1.165, 1.54) is 16.7 Å². The molecular formula is C15H16NO-. The van der Waals surface area contributed by atoms with Crippen LogP contribution in [0.4, 0.5) is 0 Å². The number of phenolic OH excluding ortho intramolecular Hbond substituents is 1. The zero-order valence-electron chi connectivity index (χ0n) is 10.1. The molecule has 0 amide bonds. The molecule has 0 heterocycles. The first kappa shape index (κ1) is 11.7. The van der Waals surface area contributed by atoms with Gasteiger partial charge in [-0.2, -0.15) is 7.05 Å². The van der Waals surface area contributed by atoms with Gasteiger partial charge < -0.3 is 10.4 Å². The van der Waals surface area contributed by atoms with E-state index in [9.17, 15) is 5.11 Å². The minimum absolute atomic E-state index is 0.298. The first-order chi connectivity index (χ1) is 8.20. The van der Waals surface area contributed by atoms with Crippen LogP contribution in [0.1, 0.15) is 11.1 Å². The molecule has 0 atom stereocenters. The summed E-state index contributed by atoms with van der Waals surface area (Å²) in [6, 6.07) is 13.6. The van der Waals surface area contributed by atoms with Gasteiger partial charge in [0.15, 0.2) is 0 Å². The molecule has 2 nitrogen and oxygen atoms in total. The maximum absolute atomic E-state index is 9.26. The first-order valence-corrected chi connectivity index (χ1v) is 5.65. The van der Waals surface area contributed by atoms with Gasteiger partial charge in [0.25, 0.3) is 0 Å². The van der Waals surface area contributed by atoms with Crippen molar-refractivity contribution in [3.8, 4) is 16.9 Å². The highest BCUT2D eigenvalue weighted by molar-refractivity contribution is 5.65. The Balaban J connectivity index is 2.34. The van der Waals surface area contributed by atoms with Crippen LogP contribution in [0.15, 0.2) is 42.5 Å². The molecular weight excluding hydrogens is 210 g/mol. The topological polar surface area (TPSA) is 34.3 Å². The van der Waals surface area contributed by atoms with E-state index in [1.807, 2.05) is 19.2 Å². The van der Waals surface area contributed by atoms with Crippen LogP contribution in [-0.2, 0) is 6.54 Å². The number of hydrogen-bond acceptors (Lipinski definition) is 1. The number of benzene rings is 2. The van der Waals surface area contributed by atoms with E-state index in [2.05, 4.69) is 30.4 Å². The van der Waals surface area contributed by atoms with E-state index < -0.39 is 0 Å². The molecule has 1 N–H and O–H groups in total. The summed E-state index contributed by atoms with van der Waals surface area (Å²) < 4.78 is 0. The standard InChI is InChI=1S/C15H16NO/c1-11-9-13(3-4-14(11)10-16-2)12-5-7-15(17)8-6-12/h3-9,17H,10H2,1-2H3/q-1. The van der Waals surface area contributed by atoms with Gasteiger partial charge in [-0.1, -0.05) is 35.9 Å². The Morgan fingerprint density at radius 2 is 1.65 bits per heavy atom. The lowest BCUT2D eigenvalue weighted by atomic mass is 10.00. The van der Waals surface area contributed by atoms with E-state index >= 15 is 0 Å². The predicted molar refractivity (Wildman–Crippen MR) is 71.3 cm³/mol. The molecule has 88 valence electrons. The number of rotatable bonds is 3. The lowest BCUT2D eigenvalue weighted by molar-refractivity contribution is 0.475. The summed E-state index contributed by atoms with van der Waals surface area (Å²) in [7, 11) is 1.83. The van der Waals surface area contributed by atoms with Crippen molar-refractivity contribution in [1.29, 1.82) is 0 Å². The third kappa shape index (κ3) is 2.66. The van der Waals surface area contributed by atoms with Crippen molar-refractivity contribution in [2.75, 3.05) is 7.05 Å². The second-order valence-corrected chi connectivity index (χ2v) is 4.16. The second kappa shape index (κ2) is 5.02. The average molecular weight is 226 g/mol. The smallest absolute Gasteiger partial charge is 0.115 e. The van der Waals surface area contributed by atoms with Gasteiger partial charge >= 0.3 is 0 Å². The molecule has 0 aliphatic rings. The van der Waals surface area contributed by atoms with Gasteiger partial charge in [0.2, 0.25) is 0 Å². The van der Waals surface area contributed by atoms with Gasteiger partial charge in [-0.05, 0) is 35.7 Å². The van der Waals surface area contributed by atoms with Crippen LogP contribution in [0.5, 0.6) is 5.75 Å². The summed E-state index contributed by atoms with van der Waals surface area (Å²) in [5.41, 5.74) is 4.80. The van der Waals surface area contributed by atoms with Gasteiger partial charge in [0.1, 0.15) is 5.75 Å². The van der Waals surface area contributed by atoms with Crippen LogP contribution in [0.2, 0.25) is 0 Å². The number of aryl methyl sites for hydroxylation is 1. The van der Waals surface area contributed by atoms with Crippen LogP contribution in [0.25, 0.3) is 16.4 Å². The predicted octanol–water partition coefficient (Wildman–Crippen LogP) is 3.87. The fourth-order valence-corrected chi connectivity index (χ4v) is 1.88. The maximum atomic E-state index is 9.26. The fraction of sp³-hybridized carbons (Fsp3) is 0.200. The molecule has 0 spiro atoms. The van der Waals surface area contributed by atoms with Crippen molar-refractivity contribution in [2.45, 2.75) is 13.5 Å². The van der Waals surface area contributed by atoms with E-state index in [0.717, 1.165) is 12.1 Å². The van der Waals surface area contributed by atoms with E-state index in [4.69, 9.17) is 0 Å². The molecule has 0 saturated carbocycles. The molecule has 0 radical (unpaired) electrons. The van der Waals surface area contributed by atoms with E-state index in [-0.39, 0.29) is 0 Å². The quantitative estimate of drug-likeness (QED) is 0.847. The lowest BCUT2D eigenvalue weighted by Crippen LogP contribution is -1.89. The van der Waals surface area contributed by atoms with Crippen LogP contribution in [0.3, 0.4) is 0 Å². The van der Waals surface area contributed by atoms with E-state index in [0.29, 0.717) is 5.75 Å². The van der Waals surface area contributed by atoms with Crippen molar-refractivity contribution >= 4 is 0 Å². The highest BCUT2D eigenvalue weighted by atomic mass is 16.3. The van der Waals surface area contributed by atoms with Gasteiger partial charge in [0, 0.05) is 0 Å². The molecule has 0 aromatic heterocycles. The molecule has 2 rings (SSSR count). The largest absolute Gasteiger partial charge is 0.661 e.